The van der Waals surface area contributed by atoms with E-state index < -0.39 is 6.04 Å². The van der Waals surface area contributed by atoms with Crippen LogP contribution in [0.3, 0.4) is 0 Å². The van der Waals surface area contributed by atoms with Crippen LogP contribution >= 0.6 is 0 Å². The van der Waals surface area contributed by atoms with Gasteiger partial charge in [-0.15, -0.1) is 0 Å². The number of hydrogen-bond acceptors (Lipinski definition) is 3. The van der Waals surface area contributed by atoms with E-state index in [1.54, 1.807) is 0 Å². The SMILES string of the molecule is CC[C@H](C)[C@H](N)C(=O)NCCNC(C)=O. The molecule has 88 valence electrons. The molecule has 15 heavy (non-hydrogen) atoms. The molecular weight excluding hydrogens is 194 g/mol. The van der Waals surface area contributed by atoms with Crippen LogP contribution in [0.5, 0.6) is 0 Å². The van der Waals surface area contributed by atoms with Crippen molar-refractivity contribution in [3.8, 4) is 0 Å². The molecule has 5 nitrogen and oxygen atoms in total. The summed E-state index contributed by atoms with van der Waals surface area (Å²) in [4.78, 5) is 22.0. The molecule has 0 aliphatic heterocycles. The fraction of sp³-hybridized carbons (Fsp3) is 0.800. The van der Waals surface area contributed by atoms with Crippen LogP contribution in [-0.4, -0.2) is 30.9 Å². The molecule has 0 aromatic rings. The van der Waals surface area contributed by atoms with Gasteiger partial charge in [-0.2, -0.15) is 0 Å². The van der Waals surface area contributed by atoms with E-state index in [-0.39, 0.29) is 17.7 Å². The summed E-state index contributed by atoms with van der Waals surface area (Å²) >= 11 is 0. The Hall–Kier alpha value is -1.10. The van der Waals surface area contributed by atoms with Gasteiger partial charge in [-0.05, 0) is 5.92 Å². The smallest absolute Gasteiger partial charge is 0.237 e. The van der Waals surface area contributed by atoms with E-state index in [9.17, 15) is 9.59 Å². The number of carbonyl (C=O) groups excluding carboxylic acids is 2. The Morgan fingerprint density at radius 1 is 1.27 bits per heavy atom. The van der Waals surface area contributed by atoms with Gasteiger partial charge in [0.1, 0.15) is 0 Å². The normalized spacial score (nSPS) is 14.1. The van der Waals surface area contributed by atoms with Gasteiger partial charge in [0.15, 0.2) is 0 Å². The summed E-state index contributed by atoms with van der Waals surface area (Å²) in [6.07, 6.45) is 0.875. The van der Waals surface area contributed by atoms with Gasteiger partial charge in [0.05, 0.1) is 6.04 Å². The lowest BCUT2D eigenvalue weighted by atomic mass is 9.99. The molecular formula is C10H21N3O2. The van der Waals surface area contributed by atoms with Crippen molar-refractivity contribution < 1.29 is 9.59 Å². The zero-order chi connectivity index (χ0) is 11.8. The molecule has 0 heterocycles. The number of hydrogen-bond donors (Lipinski definition) is 3. The molecule has 0 fully saturated rings. The fourth-order valence-electron chi connectivity index (χ4n) is 1.05. The maximum Gasteiger partial charge on any atom is 0.237 e. The summed E-state index contributed by atoms with van der Waals surface area (Å²) < 4.78 is 0. The molecule has 0 rings (SSSR count). The van der Waals surface area contributed by atoms with Crippen LogP contribution < -0.4 is 16.4 Å². The van der Waals surface area contributed by atoms with E-state index in [1.807, 2.05) is 13.8 Å². The Kier molecular flexibility index (Phi) is 6.70. The Labute approximate surface area is 90.8 Å². The molecule has 0 aliphatic carbocycles. The molecule has 0 saturated carbocycles. The highest BCUT2D eigenvalue weighted by atomic mass is 16.2. The minimum atomic E-state index is -0.465. The van der Waals surface area contributed by atoms with Crippen molar-refractivity contribution in [1.82, 2.24) is 10.6 Å². The molecule has 2 amide bonds. The van der Waals surface area contributed by atoms with E-state index in [4.69, 9.17) is 5.73 Å². The van der Waals surface area contributed by atoms with E-state index in [2.05, 4.69) is 10.6 Å². The molecule has 2 atom stereocenters. The van der Waals surface area contributed by atoms with E-state index >= 15 is 0 Å². The van der Waals surface area contributed by atoms with Crippen LogP contribution in [0.4, 0.5) is 0 Å². The maximum atomic E-state index is 11.4. The third-order valence-electron chi connectivity index (χ3n) is 2.36. The van der Waals surface area contributed by atoms with Crippen LogP contribution in [0.25, 0.3) is 0 Å². The average Bonchev–Trinajstić information content (AvgIpc) is 2.21. The molecule has 0 bridgehead atoms. The average molecular weight is 215 g/mol. The van der Waals surface area contributed by atoms with Gasteiger partial charge < -0.3 is 16.4 Å². The number of rotatable bonds is 6. The topological polar surface area (TPSA) is 84.2 Å². The van der Waals surface area contributed by atoms with Gasteiger partial charge in [-0.1, -0.05) is 20.3 Å². The van der Waals surface area contributed by atoms with E-state index in [0.29, 0.717) is 13.1 Å². The second kappa shape index (κ2) is 7.23. The number of carbonyl (C=O) groups is 2. The first kappa shape index (κ1) is 13.9. The summed E-state index contributed by atoms with van der Waals surface area (Å²) in [5.41, 5.74) is 5.71. The first-order valence-electron chi connectivity index (χ1n) is 5.26. The lowest BCUT2D eigenvalue weighted by Gasteiger charge is -2.17. The third kappa shape index (κ3) is 6.06. The van der Waals surface area contributed by atoms with Crippen molar-refractivity contribution >= 4 is 11.8 Å². The lowest BCUT2D eigenvalue weighted by molar-refractivity contribution is -0.124. The molecule has 5 heteroatoms. The van der Waals surface area contributed by atoms with Crippen LogP contribution in [0.15, 0.2) is 0 Å². The molecule has 0 radical (unpaired) electrons. The van der Waals surface area contributed by atoms with Crippen LogP contribution in [0.2, 0.25) is 0 Å². The van der Waals surface area contributed by atoms with Gasteiger partial charge in [0.25, 0.3) is 0 Å². The van der Waals surface area contributed by atoms with E-state index in [1.165, 1.54) is 6.92 Å². The van der Waals surface area contributed by atoms with Gasteiger partial charge in [-0.3, -0.25) is 9.59 Å². The zero-order valence-corrected chi connectivity index (χ0v) is 9.67. The Morgan fingerprint density at radius 2 is 1.80 bits per heavy atom. The third-order valence-corrected chi connectivity index (χ3v) is 2.36. The van der Waals surface area contributed by atoms with E-state index in [0.717, 1.165) is 6.42 Å². The Bertz CT molecular complexity index is 219. The van der Waals surface area contributed by atoms with Gasteiger partial charge in [0, 0.05) is 20.0 Å². The molecule has 0 spiro atoms. The number of amides is 2. The summed E-state index contributed by atoms with van der Waals surface area (Å²) in [6, 6.07) is -0.465. The quantitative estimate of drug-likeness (QED) is 0.528. The predicted octanol–water partition coefficient (Wildman–Crippen LogP) is -0.388. The number of nitrogens with one attached hydrogen (secondary N) is 2. The molecule has 0 aromatic carbocycles. The number of nitrogens with two attached hydrogens (primary N) is 1. The van der Waals surface area contributed by atoms with Crippen molar-refractivity contribution in [1.29, 1.82) is 0 Å². The monoisotopic (exact) mass is 215 g/mol. The maximum absolute atomic E-state index is 11.4. The van der Waals surface area contributed by atoms with Crippen LogP contribution in [-0.2, 0) is 9.59 Å². The first-order chi connectivity index (χ1) is 6.99. The summed E-state index contributed by atoms with van der Waals surface area (Å²) in [6.45, 7) is 6.23. The molecule has 0 aromatic heterocycles. The summed E-state index contributed by atoms with van der Waals surface area (Å²) in [5.74, 6) is -0.0871. The first-order valence-corrected chi connectivity index (χ1v) is 5.26. The highest BCUT2D eigenvalue weighted by Gasteiger charge is 2.18. The minimum absolute atomic E-state index is 0.101. The Balaban J connectivity index is 3.69. The summed E-state index contributed by atoms with van der Waals surface area (Å²) in [7, 11) is 0. The second-order valence-corrected chi connectivity index (χ2v) is 3.69. The molecule has 0 aliphatic rings. The van der Waals surface area contributed by atoms with Crippen LogP contribution in [0.1, 0.15) is 27.2 Å². The van der Waals surface area contributed by atoms with Gasteiger partial charge in [-0.25, -0.2) is 0 Å². The predicted molar refractivity (Wildman–Crippen MR) is 59.1 cm³/mol. The van der Waals surface area contributed by atoms with Crippen molar-refractivity contribution in [2.45, 2.75) is 33.2 Å². The Morgan fingerprint density at radius 3 is 2.27 bits per heavy atom. The standard InChI is InChI=1S/C10H21N3O2/c1-4-7(2)9(11)10(15)13-6-5-12-8(3)14/h7,9H,4-6,11H2,1-3H3,(H,12,14)(H,13,15)/t7-,9-/m0/s1. The highest BCUT2D eigenvalue weighted by molar-refractivity contribution is 5.81. The van der Waals surface area contributed by atoms with Crippen LogP contribution in [0, 0.1) is 5.92 Å². The molecule has 4 N–H and O–H groups in total. The lowest BCUT2D eigenvalue weighted by Crippen LogP contribution is -2.46. The van der Waals surface area contributed by atoms with Crippen molar-refractivity contribution in [2.75, 3.05) is 13.1 Å². The molecule has 0 saturated heterocycles. The van der Waals surface area contributed by atoms with Crippen molar-refractivity contribution in [2.24, 2.45) is 11.7 Å². The fourth-order valence-corrected chi connectivity index (χ4v) is 1.05. The van der Waals surface area contributed by atoms with Crippen molar-refractivity contribution in [3.05, 3.63) is 0 Å². The van der Waals surface area contributed by atoms with Crippen molar-refractivity contribution in [3.63, 3.8) is 0 Å². The summed E-state index contributed by atoms with van der Waals surface area (Å²) in [5, 5.41) is 5.26. The highest BCUT2D eigenvalue weighted by Crippen LogP contribution is 2.04. The minimum Gasteiger partial charge on any atom is -0.355 e. The largest absolute Gasteiger partial charge is 0.355 e. The zero-order valence-electron chi connectivity index (χ0n) is 9.67. The van der Waals surface area contributed by atoms with Gasteiger partial charge >= 0.3 is 0 Å². The van der Waals surface area contributed by atoms with Gasteiger partial charge in [0.2, 0.25) is 11.8 Å². The molecule has 0 unspecified atom stereocenters. The second-order valence-electron chi connectivity index (χ2n) is 3.69.